The van der Waals surface area contributed by atoms with Gasteiger partial charge in [0.05, 0.1) is 17.4 Å². The molecule has 3 rings (SSSR count). The van der Waals surface area contributed by atoms with E-state index in [4.69, 9.17) is 5.11 Å². The second-order valence-electron chi connectivity index (χ2n) is 5.52. The Hall–Kier alpha value is -2.17. The molecule has 5 nitrogen and oxygen atoms in total. The highest BCUT2D eigenvalue weighted by Gasteiger charge is 2.24. The molecule has 1 fully saturated rings. The van der Waals surface area contributed by atoms with E-state index in [1.807, 2.05) is 18.2 Å². The van der Waals surface area contributed by atoms with Gasteiger partial charge in [0.1, 0.15) is 0 Å². The lowest BCUT2D eigenvalue weighted by molar-refractivity contribution is -0.137. The van der Waals surface area contributed by atoms with Crippen molar-refractivity contribution in [1.29, 1.82) is 0 Å². The number of carbonyl (C=O) groups is 1. The molecular weight excluding hydrogens is 266 g/mol. The minimum Gasteiger partial charge on any atom is -0.481 e. The number of hydrogen-bond donors (Lipinski definition) is 1. The molecule has 0 amide bonds. The van der Waals surface area contributed by atoms with Crippen LogP contribution in [0, 0.1) is 0 Å². The summed E-state index contributed by atoms with van der Waals surface area (Å²) in [5.41, 5.74) is 1.97. The molecule has 0 radical (unpaired) electrons. The van der Waals surface area contributed by atoms with Crippen molar-refractivity contribution >= 4 is 22.6 Å². The Bertz CT molecular complexity index is 639. The number of carboxylic acid groups (broad SMARTS) is 1. The second kappa shape index (κ2) is 6.08. The first-order valence-corrected chi connectivity index (χ1v) is 7.44. The molecule has 1 unspecified atom stereocenters. The molecule has 5 heteroatoms. The second-order valence-corrected chi connectivity index (χ2v) is 5.52. The molecule has 0 bridgehead atoms. The van der Waals surface area contributed by atoms with Crippen LogP contribution < -0.4 is 4.90 Å². The van der Waals surface area contributed by atoms with E-state index in [-0.39, 0.29) is 12.5 Å². The standard InChI is InChI=1S/C16H19N3O2/c20-16(21)9-8-12-5-3-4-10-19(12)15-11-17-18-14-7-2-1-6-13(14)15/h1-2,6-7,11-12H,3-5,8-10H2,(H,20,21). The molecule has 0 aliphatic carbocycles. The van der Waals surface area contributed by atoms with Crippen molar-refractivity contribution < 1.29 is 9.90 Å². The van der Waals surface area contributed by atoms with Crippen LogP contribution in [0.15, 0.2) is 30.5 Å². The van der Waals surface area contributed by atoms with E-state index in [2.05, 4.69) is 21.2 Å². The topological polar surface area (TPSA) is 66.3 Å². The molecule has 1 N–H and O–H groups in total. The van der Waals surface area contributed by atoms with Crippen molar-refractivity contribution in [3.05, 3.63) is 30.5 Å². The predicted octanol–water partition coefficient (Wildman–Crippen LogP) is 2.85. The van der Waals surface area contributed by atoms with Crippen LogP contribution in [0.5, 0.6) is 0 Å². The van der Waals surface area contributed by atoms with E-state index in [1.165, 1.54) is 0 Å². The minimum absolute atomic E-state index is 0.220. The van der Waals surface area contributed by atoms with Gasteiger partial charge in [0.25, 0.3) is 0 Å². The highest BCUT2D eigenvalue weighted by Crippen LogP contribution is 2.31. The molecule has 1 saturated heterocycles. The first kappa shape index (κ1) is 13.8. The fraction of sp³-hybridized carbons (Fsp3) is 0.438. The average molecular weight is 285 g/mol. The van der Waals surface area contributed by atoms with Gasteiger partial charge in [0, 0.05) is 24.4 Å². The molecule has 1 aliphatic heterocycles. The van der Waals surface area contributed by atoms with Crippen LogP contribution in [0.25, 0.3) is 10.9 Å². The van der Waals surface area contributed by atoms with Gasteiger partial charge in [-0.1, -0.05) is 18.2 Å². The van der Waals surface area contributed by atoms with E-state index in [1.54, 1.807) is 6.20 Å². The third kappa shape index (κ3) is 2.96. The lowest BCUT2D eigenvalue weighted by Gasteiger charge is -2.37. The minimum atomic E-state index is -0.724. The van der Waals surface area contributed by atoms with Crippen molar-refractivity contribution in [1.82, 2.24) is 10.2 Å². The normalized spacial score (nSPS) is 18.9. The number of aliphatic carboxylic acids is 1. The number of carboxylic acids is 1. The quantitative estimate of drug-likeness (QED) is 0.935. The van der Waals surface area contributed by atoms with Crippen LogP contribution in [0.4, 0.5) is 5.69 Å². The zero-order valence-corrected chi connectivity index (χ0v) is 11.9. The lowest BCUT2D eigenvalue weighted by atomic mass is 9.97. The summed E-state index contributed by atoms with van der Waals surface area (Å²) < 4.78 is 0. The number of aromatic nitrogens is 2. The summed E-state index contributed by atoms with van der Waals surface area (Å²) in [5, 5.41) is 18.3. The Morgan fingerprint density at radius 3 is 3.05 bits per heavy atom. The van der Waals surface area contributed by atoms with Crippen molar-refractivity contribution in [2.24, 2.45) is 0 Å². The summed E-state index contributed by atoms with van der Waals surface area (Å²) >= 11 is 0. The maximum absolute atomic E-state index is 10.9. The van der Waals surface area contributed by atoms with Gasteiger partial charge in [-0.05, 0) is 31.7 Å². The van der Waals surface area contributed by atoms with E-state index in [9.17, 15) is 4.79 Å². The molecule has 1 aromatic carbocycles. The number of benzene rings is 1. The Kier molecular flexibility index (Phi) is 3.99. The fourth-order valence-electron chi connectivity index (χ4n) is 3.13. The van der Waals surface area contributed by atoms with Crippen LogP contribution >= 0.6 is 0 Å². The molecule has 0 saturated carbocycles. The fourth-order valence-corrected chi connectivity index (χ4v) is 3.13. The molecule has 2 aromatic rings. The highest BCUT2D eigenvalue weighted by molar-refractivity contribution is 5.90. The summed E-state index contributed by atoms with van der Waals surface area (Å²) in [4.78, 5) is 13.2. The summed E-state index contributed by atoms with van der Waals surface area (Å²) in [6, 6.07) is 8.26. The molecule has 2 heterocycles. The van der Waals surface area contributed by atoms with Crippen LogP contribution in [0.1, 0.15) is 32.1 Å². The molecular formula is C16H19N3O2. The van der Waals surface area contributed by atoms with Gasteiger partial charge in [-0.2, -0.15) is 10.2 Å². The molecule has 21 heavy (non-hydrogen) atoms. The Morgan fingerprint density at radius 2 is 2.19 bits per heavy atom. The Labute approximate surface area is 123 Å². The molecule has 1 aliphatic rings. The first-order valence-electron chi connectivity index (χ1n) is 7.44. The number of nitrogens with zero attached hydrogens (tertiary/aromatic N) is 3. The van der Waals surface area contributed by atoms with Gasteiger partial charge in [-0.15, -0.1) is 0 Å². The van der Waals surface area contributed by atoms with E-state index in [0.29, 0.717) is 6.42 Å². The number of fused-ring (bicyclic) bond motifs is 1. The van der Waals surface area contributed by atoms with E-state index in [0.717, 1.165) is 42.4 Å². The van der Waals surface area contributed by atoms with Crippen molar-refractivity contribution in [2.45, 2.75) is 38.1 Å². The lowest BCUT2D eigenvalue weighted by Crippen LogP contribution is -2.40. The molecule has 1 atom stereocenters. The molecule has 1 aromatic heterocycles. The van der Waals surface area contributed by atoms with E-state index >= 15 is 0 Å². The number of hydrogen-bond acceptors (Lipinski definition) is 4. The third-order valence-electron chi connectivity index (χ3n) is 4.15. The Balaban J connectivity index is 1.92. The number of piperidine rings is 1. The van der Waals surface area contributed by atoms with Gasteiger partial charge in [0.15, 0.2) is 0 Å². The van der Waals surface area contributed by atoms with Crippen molar-refractivity contribution in [3.63, 3.8) is 0 Å². The molecule has 0 spiro atoms. The third-order valence-corrected chi connectivity index (χ3v) is 4.15. The first-order chi connectivity index (χ1) is 10.3. The van der Waals surface area contributed by atoms with Crippen LogP contribution in [-0.4, -0.2) is 33.9 Å². The Morgan fingerprint density at radius 1 is 1.33 bits per heavy atom. The van der Waals surface area contributed by atoms with Gasteiger partial charge in [0.2, 0.25) is 0 Å². The summed E-state index contributed by atoms with van der Waals surface area (Å²) in [6.07, 6.45) is 6.06. The average Bonchev–Trinajstić information content (AvgIpc) is 2.53. The number of anilines is 1. The smallest absolute Gasteiger partial charge is 0.303 e. The van der Waals surface area contributed by atoms with Crippen molar-refractivity contribution in [3.8, 4) is 0 Å². The zero-order valence-electron chi connectivity index (χ0n) is 11.9. The maximum Gasteiger partial charge on any atom is 0.303 e. The largest absolute Gasteiger partial charge is 0.481 e. The maximum atomic E-state index is 10.9. The van der Waals surface area contributed by atoms with Gasteiger partial charge in [-0.3, -0.25) is 4.79 Å². The van der Waals surface area contributed by atoms with Gasteiger partial charge < -0.3 is 10.0 Å². The SMILES string of the molecule is O=C(O)CCC1CCCCN1c1cnnc2ccccc12. The summed E-state index contributed by atoms with van der Waals surface area (Å²) in [5.74, 6) is -0.724. The highest BCUT2D eigenvalue weighted by atomic mass is 16.4. The van der Waals surface area contributed by atoms with E-state index < -0.39 is 5.97 Å². The number of rotatable bonds is 4. The monoisotopic (exact) mass is 285 g/mol. The summed E-state index contributed by atoms with van der Waals surface area (Å²) in [7, 11) is 0. The van der Waals surface area contributed by atoms with Crippen LogP contribution in [-0.2, 0) is 4.79 Å². The van der Waals surface area contributed by atoms with Crippen LogP contribution in [0.2, 0.25) is 0 Å². The predicted molar refractivity (Wildman–Crippen MR) is 81.4 cm³/mol. The van der Waals surface area contributed by atoms with Gasteiger partial charge in [-0.25, -0.2) is 0 Å². The van der Waals surface area contributed by atoms with Crippen LogP contribution in [0.3, 0.4) is 0 Å². The van der Waals surface area contributed by atoms with Crippen molar-refractivity contribution in [2.75, 3.05) is 11.4 Å². The summed E-state index contributed by atoms with van der Waals surface area (Å²) in [6.45, 7) is 0.958. The zero-order chi connectivity index (χ0) is 14.7. The van der Waals surface area contributed by atoms with Gasteiger partial charge >= 0.3 is 5.97 Å². The molecule has 110 valence electrons.